The fraction of sp³-hybridized carbons (Fsp3) is 0.412. The van der Waals surface area contributed by atoms with Crippen molar-refractivity contribution < 1.29 is 4.52 Å². The Morgan fingerprint density at radius 3 is 2.40 bits per heavy atom. The first-order valence-corrected chi connectivity index (χ1v) is 8.47. The van der Waals surface area contributed by atoms with Gasteiger partial charge in [0.1, 0.15) is 5.76 Å². The van der Waals surface area contributed by atoms with Gasteiger partial charge >= 0.3 is 0 Å². The number of piperazine rings is 1. The molecule has 4 rings (SSSR count). The fourth-order valence-electron chi connectivity index (χ4n) is 3.10. The van der Waals surface area contributed by atoms with Gasteiger partial charge in [0.05, 0.1) is 17.9 Å². The number of hydrogen-bond donors (Lipinski definition) is 0. The Balaban J connectivity index is 1.34. The van der Waals surface area contributed by atoms with Crippen molar-refractivity contribution in [1.29, 1.82) is 0 Å². The van der Waals surface area contributed by atoms with Crippen LogP contribution in [0.3, 0.4) is 0 Å². The van der Waals surface area contributed by atoms with E-state index in [1.807, 2.05) is 48.0 Å². The Hall–Kier alpha value is -2.58. The predicted octanol–water partition coefficient (Wildman–Crippen LogP) is 1.28. The number of rotatable bonds is 5. The van der Waals surface area contributed by atoms with Gasteiger partial charge in [-0.25, -0.2) is 0 Å². The van der Waals surface area contributed by atoms with Crippen molar-refractivity contribution in [2.24, 2.45) is 0 Å². The van der Waals surface area contributed by atoms with Gasteiger partial charge in [0.2, 0.25) is 0 Å². The Morgan fingerprint density at radius 1 is 1.00 bits per heavy atom. The molecule has 8 heteroatoms. The third-order valence-electron chi connectivity index (χ3n) is 4.43. The molecule has 0 atom stereocenters. The van der Waals surface area contributed by atoms with Crippen LogP contribution in [-0.4, -0.2) is 61.3 Å². The van der Waals surface area contributed by atoms with Gasteiger partial charge in [-0.2, -0.15) is 4.68 Å². The van der Waals surface area contributed by atoms with E-state index >= 15 is 0 Å². The molecule has 1 saturated heterocycles. The summed E-state index contributed by atoms with van der Waals surface area (Å²) >= 11 is 0. The molecule has 3 heterocycles. The lowest BCUT2D eigenvalue weighted by Gasteiger charge is -2.33. The van der Waals surface area contributed by atoms with Crippen molar-refractivity contribution >= 4 is 0 Å². The van der Waals surface area contributed by atoms with Crippen LogP contribution in [-0.2, 0) is 13.1 Å². The van der Waals surface area contributed by atoms with E-state index < -0.39 is 0 Å². The van der Waals surface area contributed by atoms with Gasteiger partial charge in [0.15, 0.2) is 5.82 Å². The highest BCUT2D eigenvalue weighted by molar-refractivity contribution is 5.30. The lowest BCUT2D eigenvalue weighted by atomic mass is 10.2. The predicted molar refractivity (Wildman–Crippen MR) is 90.9 cm³/mol. The first kappa shape index (κ1) is 15.9. The van der Waals surface area contributed by atoms with Gasteiger partial charge in [-0.1, -0.05) is 23.4 Å². The highest BCUT2D eigenvalue weighted by atomic mass is 16.5. The third-order valence-corrected chi connectivity index (χ3v) is 4.43. The van der Waals surface area contributed by atoms with Crippen LogP contribution in [0.5, 0.6) is 0 Å². The SMILES string of the molecule is Cc1cc(CN2CCN(Cc3nnnn3-c3ccccc3)CC2)no1. The van der Waals surface area contributed by atoms with E-state index in [1.54, 1.807) is 0 Å². The maximum atomic E-state index is 5.14. The standard InChI is InChI=1S/C17H21N7O/c1-14-11-15(19-25-14)12-22-7-9-23(10-8-22)13-17-18-20-21-24(17)16-5-3-2-4-6-16/h2-6,11H,7-10,12-13H2,1H3. The largest absolute Gasteiger partial charge is 0.361 e. The Labute approximate surface area is 146 Å². The van der Waals surface area contributed by atoms with Crippen molar-refractivity contribution in [2.45, 2.75) is 20.0 Å². The molecule has 25 heavy (non-hydrogen) atoms. The quantitative estimate of drug-likeness (QED) is 0.693. The van der Waals surface area contributed by atoms with Crippen molar-refractivity contribution in [3.05, 3.63) is 53.7 Å². The Kier molecular flexibility index (Phi) is 4.53. The fourth-order valence-corrected chi connectivity index (χ4v) is 3.10. The summed E-state index contributed by atoms with van der Waals surface area (Å²) in [7, 11) is 0. The summed E-state index contributed by atoms with van der Waals surface area (Å²) in [4.78, 5) is 4.78. The average molecular weight is 339 g/mol. The van der Waals surface area contributed by atoms with E-state index in [0.717, 1.165) is 62.2 Å². The summed E-state index contributed by atoms with van der Waals surface area (Å²) in [6, 6.07) is 12.0. The Morgan fingerprint density at radius 2 is 1.72 bits per heavy atom. The van der Waals surface area contributed by atoms with Crippen molar-refractivity contribution in [2.75, 3.05) is 26.2 Å². The van der Waals surface area contributed by atoms with Crippen LogP contribution in [0.25, 0.3) is 5.69 Å². The average Bonchev–Trinajstić information content (AvgIpc) is 3.26. The molecule has 0 saturated carbocycles. The number of tetrazole rings is 1. The Bertz CT molecular complexity index is 805. The van der Waals surface area contributed by atoms with Gasteiger partial charge < -0.3 is 4.52 Å². The highest BCUT2D eigenvalue weighted by Crippen LogP contribution is 2.12. The van der Waals surface area contributed by atoms with Crippen LogP contribution in [0.15, 0.2) is 40.9 Å². The van der Waals surface area contributed by atoms with Crippen LogP contribution in [0, 0.1) is 6.92 Å². The smallest absolute Gasteiger partial charge is 0.170 e. The van der Waals surface area contributed by atoms with Crippen LogP contribution < -0.4 is 0 Å². The molecule has 1 fully saturated rings. The highest BCUT2D eigenvalue weighted by Gasteiger charge is 2.20. The minimum absolute atomic E-state index is 0.749. The van der Waals surface area contributed by atoms with Gasteiger partial charge in [-0.15, -0.1) is 5.10 Å². The summed E-state index contributed by atoms with van der Waals surface area (Å²) in [5, 5.41) is 16.2. The first-order chi connectivity index (χ1) is 12.3. The van der Waals surface area contributed by atoms with Crippen molar-refractivity contribution in [1.82, 2.24) is 35.2 Å². The molecule has 3 aromatic rings. The summed E-state index contributed by atoms with van der Waals surface area (Å²) < 4.78 is 6.95. The van der Waals surface area contributed by atoms with E-state index in [9.17, 15) is 0 Å². The van der Waals surface area contributed by atoms with Gasteiger partial charge in [-0.05, 0) is 29.5 Å². The zero-order valence-corrected chi connectivity index (χ0v) is 14.2. The molecule has 1 aromatic carbocycles. The molecule has 1 aliphatic rings. The minimum atomic E-state index is 0.749. The molecule has 130 valence electrons. The number of para-hydroxylation sites is 1. The molecule has 0 unspecified atom stereocenters. The second-order valence-electron chi connectivity index (χ2n) is 6.32. The van der Waals surface area contributed by atoms with Gasteiger partial charge in [0, 0.05) is 38.8 Å². The molecule has 0 N–H and O–H groups in total. The third kappa shape index (κ3) is 3.75. The molecule has 0 amide bonds. The van der Waals surface area contributed by atoms with E-state index in [2.05, 4.69) is 30.5 Å². The van der Waals surface area contributed by atoms with Gasteiger partial charge in [0.25, 0.3) is 0 Å². The van der Waals surface area contributed by atoms with E-state index in [4.69, 9.17) is 4.52 Å². The molecule has 2 aromatic heterocycles. The maximum absolute atomic E-state index is 5.14. The second-order valence-corrected chi connectivity index (χ2v) is 6.32. The lowest BCUT2D eigenvalue weighted by Crippen LogP contribution is -2.45. The number of aromatic nitrogens is 5. The van der Waals surface area contributed by atoms with Crippen LogP contribution in [0.4, 0.5) is 0 Å². The molecule has 0 radical (unpaired) electrons. The zero-order chi connectivity index (χ0) is 17.1. The number of nitrogens with zero attached hydrogens (tertiary/aromatic N) is 7. The molecule has 0 aliphatic carbocycles. The molecule has 8 nitrogen and oxygen atoms in total. The first-order valence-electron chi connectivity index (χ1n) is 8.47. The zero-order valence-electron chi connectivity index (χ0n) is 14.2. The molecular weight excluding hydrogens is 318 g/mol. The molecule has 1 aliphatic heterocycles. The summed E-state index contributed by atoms with van der Waals surface area (Å²) in [6.07, 6.45) is 0. The minimum Gasteiger partial charge on any atom is -0.361 e. The van der Waals surface area contributed by atoms with E-state index in [1.165, 1.54) is 0 Å². The van der Waals surface area contributed by atoms with Crippen molar-refractivity contribution in [3.8, 4) is 5.69 Å². The lowest BCUT2D eigenvalue weighted by molar-refractivity contribution is 0.117. The molecular formula is C17H21N7O. The van der Waals surface area contributed by atoms with E-state index in [0.29, 0.717) is 0 Å². The van der Waals surface area contributed by atoms with Crippen LogP contribution in [0.1, 0.15) is 17.3 Å². The second kappa shape index (κ2) is 7.12. The monoisotopic (exact) mass is 339 g/mol. The normalized spacial score (nSPS) is 16.4. The van der Waals surface area contributed by atoms with E-state index in [-0.39, 0.29) is 0 Å². The summed E-state index contributed by atoms with van der Waals surface area (Å²) in [5.74, 6) is 1.73. The van der Waals surface area contributed by atoms with Crippen LogP contribution >= 0.6 is 0 Å². The molecule has 0 spiro atoms. The maximum Gasteiger partial charge on any atom is 0.170 e. The topological polar surface area (TPSA) is 76.1 Å². The number of hydrogen-bond acceptors (Lipinski definition) is 7. The summed E-state index contributed by atoms with van der Waals surface area (Å²) in [6.45, 7) is 7.48. The van der Waals surface area contributed by atoms with Crippen molar-refractivity contribution in [3.63, 3.8) is 0 Å². The number of aryl methyl sites for hydroxylation is 1. The van der Waals surface area contributed by atoms with Gasteiger partial charge in [-0.3, -0.25) is 9.80 Å². The number of benzene rings is 1. The van der Waals surface area contributed by atoms with Crippen LogP contribution in [0.2, 0.25) is 0 Å². The molecule has 0 bridgehead atoms. The summed E-state index contributed by atoms with van der Waals surface area (Å²) in [5.41, 5.74) is 1.99.